The summed E-state index contributed by atoms with van der Waals surface area (Å²) >= 11 is 5.58. The van der Waals surface area contributed by atoms with Gasteiger partial charge in [0.25, 0.3) is 0 Å². The summed E-state index contributed by atoms with van der Waals surface area (Å²) in [5.41, 5.74) is 3.56. The number of ether oxygens (including phenoxy) is 1. The summed E-state index contributed by atoms with van der Waals surface area (Å²) in [6.45, 7) is 5.77. The molecule has 3 heteroatoms. The van der Waals surface area contributed by atoms with Gasteiger partial charge in [-0.15, -0.1) is 11.6 Å². The van der Waals surface area contributed by atoms with Gasteiger partial charge < -0.3 is 4.74 Å². The van der Waals surface area contributed by atoms with Crippen LogP contribution in [-0.4, -0.2) is 18.8 Å². The second kappa shape index (κ2) is 4.67. The summed E-state index contributed by atoms with van der Waals surface area (Å²) in [7, 11) is 1.61. The molecule has 0 unspecified atom stereocenters. The molecular weight excluding hydrogens is 212 g/mol. The average molecular weight is 227 g/mol. The van der Waals surface area contributed by atoms with E-state index in [4.69, 9.17) is 16.3 Å². The van der Waals surface area contributed by atoms with Crippen LogP contribution in [0, 0.1) is 20.8 Å². The van der Waals surface area contributed by atoms with E-state index in [1.54, 1.807) is 7.11 Å². The molecule has 0 saturated carbocycles. The maximum atomic E-state index is 11.6. The van der Waals surface area contributed by atoms with E-state index in [0.29, 0.717) is 5.56 Å². The first kappa shape index (κ1) is 12.1. The van der Waals surface area contributed by atoms with Crippen molar-refractivity contribution in [1.29, 1.82) is 0 Å². The normalized spacial score (nSPS) is 10.2. The zero-order valence-corrected chi connectivity index (χ0v) is 10.2. The first-order chi connectivity index (χ1) is 7.02. The second-order valence-electron chi connectivity index (χ2n) is 3.60. The highest BCUT2D eigenvalue weighted by Gasteiger charge is 2.16. The van der Waals surface area contributed by atoms with E-state index in [-0.39, 0.29) is 11.7 Å². The third kappa shape index (κ3) is 2.15. The topological polar surface area (TPSA) is 26.3 Å². The highest BCUT2D eigenvalue weighted by atomic mass is 35.5. The SMILES string of the molecule is COc1c(C)cc(C)c(C(=O)CCl)c1C. The van der Waals surface area contributed by atoms with Crippen LogP contribution < -0.4 is 4.74 Å². The number of benzene rings is 1. The lowest BCUT2D eigenvalue weighted by Crippen LogP contribution is -2.08. The third-order valence-electron chi connectivity index (χ3n) is 2.51. The minimum atomic E-state index is -0.0510. The number of hydrogen-bond donors (Lipinski definition) is 0. The minimum absolute atomic E-state index is 0.00783. The molecule has 0 bridgehead atoms. The Kier molecular flexibility index (Phi) is 3.75. The van der Waals surface area contributed by atoms with Gasteiger partial charge in [0.15, 0.2) is 5.78 Å². The molecule has 15 heavy (non-hydrogen) atoms. The van der Waals surface area contributed by atoms with Crippen LogP contribution in [0.1, 0.15) is 27.0 Å². The first-order valence-electron chi connectivity index (χ1n) is 4.76. The average Bonchev–Trinajstić information content (AvgIpc) is 2.17. The number of hydrogen-bond acceptors (Lipinski definition) is 2. The lowest BCUT2D eigenvalue weighted by Gasteiger charge is -2.14. The molecule has 0 aliphatic carbocycles. The Labute approximate surface area is 95.2 Å². The van der Waals surface area contributed by atoms with Crippen molar-refractivity contribution in [3.05, 3.63) is 28.3 Å². The lowest BCUT2D eigenvalue weighted by molar-refractivity contribution is 0.101. The Morgan fingerprint density at radius 2 is 1.93 bits per heavy atom. The van der Waals surface area contributed by atoms with Crippen LogP contribution in [0.2, 0.25) is 0 Å². The van der Waals surface area contributed by atoms with Gasteiger partial charge in [-0.25, -0.2) is 0 Å². The van der Waals surface area contributed by atoms with Gasteiger partial charge >= 0.3 is 0 Å². The van der Waals surface area contributed by atoms with Gasteiger partial charge in [-0.1, -0.05) is 6.07 Å². The van der Waals surface area contributed by atoms with E-state index in [1.165, 1.54) is 0 Å². The van der Waals surface area contributed by atoms with Crippen molar-refractivity contribution < 1.29 is 9.53 Å². The van der Waals surface area contributed by atoms with Crippen LogP contribution in [0.15, 0.2) is 6.07 Å². The van der Waals surface area contributed by atoms with E-state index < -0.39 is 0 Å². The number of halogens is 1. The standard InChI is InChI=1S/C12H15ClO2/c1-7-5-8(2)12(15-4)9(3)11(7)10(14)6-13/h5H,6H2,1-4H3. The number of carbonyl (C=O) groups excluding carboxylic acids is 1. The molecule has 0 amide bonds. The molecule has 0 saturated heterocycles. The van der Waals surface area contributed by atoms with Crippen molar-refractivity contribution in [3.63, 3.8) is 0 Å². The fourth-order valence-electron chi connectivity index (χ4n) is 1.98. The number of ketones is 1. The number of rotatable bonds is 3. The molecule has 0 radical (unpaired) electrons. The third-order valence-corrected chi connectivity index (χ3v) is 2.75. The minimum Gasteiger partial charge on any atom is -0.496 e. The Bertz CT molecular complexity index is 397. The predicted octanol–water partition coefficient (Wildman–Crippen LogP) is 3.04. The van der Waals surface area contributed by atoms with Crippen molar-refractivity contribution in [2.45, 2.75) is 20.8 Å². The van der Waals surface area contributed by atoms with Crippen LogP contribution in [-0.2, 0) is 0 Å². The monoisotopic (exact) mass is 226 g/mol. The molecule has 0 atom stereocenters. The first-order valence-corrected chi connectivity index (χ1v) is 5.30. The van der Waals surface area contributed by atoms with Gasteiger partial charge in [-0.2, -0.15) is 0 Å². The van der Waals surface area contributed by atoms with Gasteiger partial charge in [0.1, 0.15) is 5.75 Å². The van der Waals surface area contributed by atoms with E-state index in [2.05, 4.69) is 0 Å². The number of carbonyl (C=O) groups is 1. The molecule has 0 aromatic heterocycles. The quantitative estimate of drug-likeness (QED) is 0.585. The van der Waals surface area contributed by atoms with Crippen molar-refractivity contribution in [1.82, 2.24) is 0 Å². The van der Waals surface area contributed by atoms with Crippen LogP contribution >= 0.6 is 11.6 Å². The smallest absolute Gasteiger partial charge is 0.178 e. The second-order valence-corrected chi connectivity index (χ2v) is 3.87. The molecule has 1 rings (SSSR count). The molecule has 0 aliphatic rings. The zero-order valence-electron chi connectivity index (χ0n) is 9.48. The molecular formula is C12H15ClO2. The number of methoxy groups -OCH3 is 1. The van der Waals surface area contributed by atoms with E-state index in [1.807, 2.05) is 26.8 Å². The summed E-state index contributed by atoms with van der Waals surface area (Å²) in [5.74, 6) is 0.729. The number of alkyl halides is 1. The number of aryl methyl sites for hydroxylation is 2. The van der Waals surface area contributed by atoms with Crippen molar-refractivity contribution >= 4 is 17.4 Å². The fraction of sp³-hybridized carbons (Fsp3) is 0.417. The van der Waals surface area contributed by atoms with Crippen molar-refractivity contribution in [2.24, 2.45) is 0 Å². The van der Waals surface area contributed by atoms with Crippen LogP contribution in [0.5, 0.6) is 5.75 Å². The molecule has 1 aromatic rings. The maximum Gasteiger partial charge on any atom is 0.178 e. The van der Waals surface area contributed by atoms with Gasteiger partial charge in [0, 0.05) is 11.1 Å². The predicted molar refractivity (Wildman–Crippen MR) is 62.3 cm³/mol. The highest BCUT2D eigenvalue weighted by Crippen LogP contribution is 2.29. The molecule has 0 fully saturated rings. The fourth-order valence-corrected chi connectivity index (χ4v) is 2.11. The molecule has 1 aromatic carbocycles. The largest absolute Gasteiger partial charge is 0.496 e. The Morgan fingerprint density at radius 1 is 1.33 bits per heavy atom. The maximum absolute atomic E-state index is 11.6. The number of Topliss-reactive ketones (excluding diaryl/α,β-unsaturated/α-hetero) is 1. The molecule has 82 valence electrons. The Hall–Kier alpha value is -1.02. The van der Waals surface area contributed by atoms with E-state index >= 15 is 0 Å². The summed E-state index contributed by atoms with van der Waals surface area (Å²) in [4.78, 5) is 11.6. The molecule has 2 nitrogen and oxygen atoms in total. The summed E-state index contributed by atoms with van der Waals surface area (Å²) in [5, 5.41) is 0. The molecule has 0 aliphatic heterocycles. The Balaban J connectivity index is 3.45. The summed E-state index contributed by atoms with van der Waals surface area (Å²) in [6.07, 6.45) is 0. The molecule has 0 N–H and O–H groups in total. The molecule has 0 heterocycles. The molecule has 0 spiro atoms. The highest BCUT2D eigenvalue weighted by molar-refractivity contribution is 6.30. The van der Waals surface area contributed by atoms with Crippen molar-refractivity contribution in [3.8, 4) is 5.75 Å². The van der Waals surface area contributed by atoms with Crippen LogP contribution in [0.25, 0.3) is 0 Å². The van der Waals surface area contributed by atoms with Crippen LogP contribution in [0.3, 0.4) is 0 Å². The summed E-state index contributed by atoms with van der Waals surface area (Å²) < 4.78 is 5.27. The summed E-state index contributed by atoms with van der Waals surface area (Å²) in [6, 6.07) is 1.95. The zero-order chi connectivity index (χ0) is 11.6. The Morgan fingerprint density at radius 3 is 2.40 bits per heavy atom. The van der Waals surface area contributed by atoms with Crippen molar-refractivity contribution in [2.75, 3.05) is 13.0 Å². The van der Waals surface area contributed by atoms with E-state index in [0.717, 1.165) is 22.4 Å². The van der Waals surface area contributed by atoms with Gasteiger partial charge in [-0.3, -0.25) is 4.79 Å². The van der Waals surface area contributed by atoms with Gasteiger partial charge in [0.2, 0.25) is 0 Å². The van der Waals surface area contributed by atoms with E-state index in [9.17, 15) is 4.79 Å². The lowest BCUT2D eigenvalue weighted by atomic mass is 9.96. The van der Waals surface area contributed by atoms with Crippen LogP contribution in [0.4, 0.5) is 0 Å². The van der Waals surface area contributed by atoms with Gasteiger partial charge in [0.05, 0.1) is 13.0 Å². The van der Waals surface area contributed by atoms with Gasteiger partial charge in [-0.05, 0) is 31.9 Å².